The molecule has 2 atom stereocenters. The van der Waals surface area contributed by atoms with Gasteiger partial charge in [-0.15, -0.1) is 0 Å². The number of aliphatic carboxylic acids is 1. The Balaban J connectivity index is 4.00. The Morgan fingerprint density at radius 1 is 1.36 bits per heavy atom. The van der Waals surface area contributed by atoms with Crippen molar-refractivity contribution < 1.29 is 14.7 Å². The molecule has 0 aliphatic heterocycles. The Morgan fingerprint density at radius 2 is 1.93 bits per heavy atom. The fourth-order valence-corrected chi connectivity index (χ4v) is 0.915. The van der Waals surface area contributed by atoms with E-state index in [1.807, 2.05) is 20.8 Å². The average molecular weight is 199 g/mol. The van der Waals surface area contributed by atoms with Crippen LogP contribution in [0.3, 0.4) is 0 Å². The van der Waals surface area contributed by atoms with Crippen molar-refractivity contribution in [2.45, 2.75) is 33.2 Å². The van der Waals surface area contributed by atoms with Crippen molar-refractivity contribution in [3.63, 3.8) is 0 Å². The van der Waals surface area contributed by atoms with Crippen LogP contribution in [0.4, 0.5) is 0 Å². The van der Waals surface area contributed by atoms with Crippen LogP contribution in [0.2, 0.25) is 0 Å². The first kappa shape index (κ1) is 12.7. The van der Waals surface area contributed by atoms with Gasteiger partial charge in [0.1, 0.15) is 0 Å². The molecule has 0 saturated carbocycles. The minimum absolute atomic E-state index is 0.0611. The maximum absolute atomic E-state index is 11.1. The third-order valence-electron chi connectivity index (χ3n) is 2.24. The highest BCUT2D eigenvalue weighted by Gasteiger charge is 2.11. The van der Waals surface area contributed by atoms with E-state index in [1.54, 1.807) is 0 Å². The number of nitrogens with one attached hydrogen (secondary N) is 1. The van der Waals surface area contributed by atoms with E-state index in [9.17, 15) is 9.59 Å². The largest absolute Gasteiger partial charge is 0.478 e. The molecule has 4 nitrogen and oxygen atoms in total. The maximum atomic E-state index is 11.1. The quantitative estimate of drug-likeness (QED) is 0.653. The highest BCUT2D eigenvalue weighted by Crippen LogP contribution is 2.06. The summed E-state index contributed by atoms with van der Waals surface area (Å²) in [5.74, 6) is -1.09. The molecule has 0 aromatic carbocycles. The fourth-order valence-electron chi connectivity index (χ4n) is 0.915. The maximum Gasteiger partial charge on any atom is 0.328 e. The second kappa shape index (κ2) is 6.18. The van der Waals surface area contributed by atoms with E-state index in [4.69, 9.17) is 5.11 Å². The minimum Gasteiger partial charge on any atom is -0.478 e. The SMILES string of the molecule is CCC(C)C(C)NC(=O)C=CC(=O)O. The molecule has 0 aromatic heterocycles. The summed E-state index contributed by atoms with van der Waals surface area (Å²) >= 11 is 0. The molecule has 0 bridgehead atoms. The molecule has 0 spiro atoms. The van der Waals surface area contributed by atoms with Crippen LogP contribution in [-0.2, 0) is 9.59 Å². The first-order valence-corrected chi connectivity index (χ1v) is 4.68. The number of hydrogen-bond donors (Lipinski definition) is 2. The summed E-state index contributed by atoms with van der Waals surface area (Å²) in [6, 6.07) is 0.0611. The molecular formula is C10H17NO3. The van der Waals surface area contributed by atoms with Crippen LogP contribution in [0.15, 0.2) is 12.2 Å². The van der Waals surface area contributed by atoms with Gasteiger partial charge < -0.3 is 10.4 Å². The van der Waals surface area contributed by atoms with E-state index in [-0.39, 0.29) is 11.9 Å². The third-order valence-corrected chi connectivity index (χ3v) is 2.24. The van der Waals surface area contributed by atoms with Crippen LogP contribution in [-0.4, -0.2) is 23.0 Å². The van der Waals surface area contributed by atoms with Gasteiger partial charge in [0.05, 0.1) is 0 Å². The fraction of sp³-hybridized carbons (Fsp3) is 0.600. The number of hydrogen-bond acceptors (Lipinski definition) is 2. The van der Waals surface area contributed by atoms with Gasteiger partial charge in [-0.3, -0.25) is 4.79 Å². The summed E-state index contributed by atoms with van der Waals surface area (Å²) in [5.41, 5.74) is 0. The zero-order valence-electron chi connectivity index (χ0n) is 8.78. The summed E-state index contributed by atoms with van der Waals surface area (Å²) in [6.45, 7) is 5.98. The van der Waals surface area contributed by atoms with Gasteiger partial charge in [-0.05, 0) is 12.8 Å². The number of amides is 1. The van der Waals surface area contributed by atoms with Crippen LogP contribution >= 0.6 is 0 Å². The van der Waals surface area contributed by atoms with Gasteiger partial charge in [0, 0.05) is 18.2 Å². The van der Waals surface area contributed by atoms with Gasteiger partial charge in [-0.1, -0.05) is 20.3 Å². The predicted molar refractivity (Wildman–Crippen MR) is 53.8 cm³/mol. The third kappa shape index (κ3) is 5.35. The van der Waals surface area contributed by atoms with Crippen LogP contribution in [0.25, 0.3) is 0 Å². The normalized spacial score (nSPS) is 15.1. The van der Waals surface area contributed by atoms with Crippen molar-refractivity contribution in [1.29, 1.82) is 0 Å². The first-order valence-electron chi connectivity index (χ1n) is 4.68. The first-order chi connectivity index (χ1) is 6.47. The molecule has 0 saturated heterocycles. The molecule has 0 rings (SSSR count). The van der Waals surface area contributed by atoms with Crippen LogP contribution < -0.4 is 5.32 Å². The van der Waals surface area contributed by atoms with E-state index in [0.29, 0.717) is 5.92 Å². The second-order valence-electron chi connectivity index (χ2n) is 3.35. The zero-order valence-corrected chi connectivity index (χ0v) is 8.78. The van der Waals surface area contributed by atoms with Crippen molar-refractivity contribution in [2.75, 3.05) is 0 Å². The van der Waals surface area contributed by atoms with Gasteiger partial charge >= 0.3 is 5.97 Å². The molecular weight excluding hydrogens is 182 g/mol. The summed E-state index contributed by atoms with van der Waals surface area (Å²) < 4.78 is 0. The minimum atomic E-state index is -1.11. The number of carbonyl (C=O) groups excluding carboxylic acids is 1. The molecule has 0 heterocycles. The van der Waals surface area contributed by atoms with Crippen LogP contribution in [0.1, 0.15) is 27.2 Å². The summed E-state index contributed by atoms with van der Waals surface area (Å²) in [4.78, 5) is 21.2. The van der Waals surface area contributed by atoms with Gasteiger partial charge in [-0.25, -0.2) is 4.79 Å². The lowest BCUT2D eigenvalue weighted by atomic mass is 10.0. The van der Waals surface area contributed by atoms with Crippen molar-refractivity contribution in [2.24, 2.45) is 5.92 Å². The Labute approximate surface area is 84.0 Å². The molecule has 14 heavy (non-hydrogen) atoms. The molecule has 0 fully saturated rings. The molecule has 2 unspecified atom stereocenters. The van der Waals surface area contributed by atoms with Crippen LogP contribution in [0, 0.1) is 5.92 Å². The van der Waals surface area contributed by atoms with Gasteiger partial charge in [0.2, 0.25) is 5.91 Å². The molecule has 0 aliphatic carbocycles. The Hall–Kier alpha value is -1.32. The molecule has 0 aliphatic rings. The van der Waals surface area contributed by atoms with E-state index < -0.39 is 5.97 Å². The van der Waals surface area contributed by atoms with E-state index in [1.165, 1.54) is 0 Å². The topological polar surface area (TPSA) is 66.4 Å². The second-order valence-corrected chi connectivity index (χ2v) is 3.35. The molecule has 0 radical (unpaired) electrons. The summed E-state index contributed by atoms with van der Waals surface area (Å²) in [5, 5.41) is 11.0. The monoisotopic (exact) mass is 199 g/mol. The zero-order chi connectivity index (χ0) is 11.1. The average Bonchev–Trinajstić information content (AvgIpc) is 2.13. The van der Waals surface area contributed by atoms with E-state index >= 15 is 0 Å². The van der Waals surface area contributed by atoms with E-state index in [2.05, 4.69) is 5.32 Å². The molecule has 1 amide bonds. The van der Waals surface area contributed by atoms with Crippen molar-refractivity contribution in [3.8, 4) is 0 Å². The summed E-state index contributed by atoms with van der Waals surface area (Å²) in [7, 11) is 0. The number of carbonyl (C=O) groups is 2. The molecule has 80 valence electrons. The van der Waals surface area contributed by atoms with Crippen molar-refractivity contribution in [1.82, 2.24) is 5.32 Å². The standard InChI is InChI=1S/C10H17NO3/c1-4-7(2)8(3)11-9(12)5-6-10(13)14/h5-8H,4H2,1-3H3,(H,11,12)(H,13,14). The van der Waals surface area contributed by atoms with Gasteiger partial charge in [-0.2, -0.15) is 0 Å². The lowest BCUT2D eigenvalue weighted by Gasteiger charge is -2.18. The lowest BCUT2D eigenvalue weighted by Crippen LogP contribution is -2.35. The Kier molecular flexibility index (Phi) is 5.60. The molecule has 2 N–H and O–H groups in total. The highest BCUT2D eigenvalue weighted by molar-refractivity contribution is 5.93. The smallest absolute Gasteiger partial charge is 0.328 e. The predicted octanol–water partition coefficient (Wildman–Crippen LogP) is 1.18. The van der Waals surface area contributed by atoms with Crippen molar-refractivity contribution in [3.05, 3.63) is 12.2 Å². The Bertz CT molecular complexity index is 236. The lowest BCUT2D eigenvalue weighted by molar-refractivity contribution is -0.131. The highest BCUT2D eigenvalue weighted by atomic mass is 16.4. The van der Waals surface area contributed by atoms with Crippen molar-refractivity contribution >= 4 is 11.9 Å². The van der Waals surface area contributed by atoms with Gasteiger partial charge in [0.15, 0.2) is 0 Å². The van der Waals surface area contributed by atoms with Crippen LogP contribution in [0.5, 0.6) is 0 Å². The molecule has 4 heteroatoms. The number of carboxylic acid groups (broad SMARTS) is 1. The number of rotatable bonds is 5. The summed E-state index contributed by atoms with van der Waals surface area (Å²) in [6.07, 6.45) is 2.84. The Morgan fingerprint density at radius 3 is 2.36 bits per heavy atom. The van der Waals surface area contributed by atoms with E-state index in [0.717, 1.165) is 18.6 Å². The number of carboxylic acids is 1. The van der Waals surface area contributed by atoms with Gasteiger partial charge in [0.25, 0.3) is 0 Å². The molecule has 0 aromatic rings.